The molecule has 0 radical (unpaired) electrons. The van der Waals surface area contributed by atoms with Gasteiger partial charge in [0.05, 0.1) is 16.6 Å². The number of imidazole rings is 1. The maximum Gasteiger partial charge on any atom is 0.110 e. The number of aromatic nitrogens is 3. The molecule has 1 N–H and O–H groups in total. The molecular weight excluding hydrogens is 366 g/mol. The average molecular weight is 390 g/mol. The third-order valence-electron chi connectivity index (χ3n) is 6.50. The van der Waals surface area contributed by atoms with Crippen LogP contribution in [-0.2, 0) is 0 Å². The fourth-order valence-corrected chi connectivity index (χ4v) is 5.02. The van der Waals surface area contributed by atoms with Crippen molar-refractivity contribution in [1.29, 1.82) is 0 Å². The fraction of sp³-hybridized carbons (Fsp3) is 0.333. The third-order valence-corrected chi connectivity index (χ3v) is 6.73. The predicted octanol–water partition coefficient (Wildman–Crippen LogP) is 6.84. The molecule has 0 aliphatic heterocycles. The quantitative estimate of drug-likeness (QED) is 0.416. The van der Waals surface area contributed by atoms with Gasteiger partial charge >= 0.3 is 0 Å². The van der Waals surface area contributed by atoms with E-state index in [1.165, 1.54) is 36.6 Å². The molecule has 4 heteroatoms. The van der Waals surface area contributed by atoms with E-state index < -0.39 is 0 Å². The van der Waals surface area contributed by atoms with Gasteiger partial charge in [0, 0.05) is 22.5 Å². The number of halogens is 1. The molecule has 0 spiro atoms. The number of pyridine rings is 1. The van der Waals surface area contributed by atoms with Crippen LogP contribution in [0.15, 0.2) is 54.7 Å². The number of hydrogen-bond donors (Lipinski definition) is 1. The van der Waals surface area contributed by atoms with Crippen molar-refractivity contribution < 1.29 is 0 Å². The van der Waals surface area contributed by atoms with Gasteiger partial charge in [-0.25, -0.2) is 4.98 Å². The number of nitrogens with zero attached hydrogens (tertiary/aromatic N) is 2. The van der Waals surface area contributed by atoms with Crippen LogP contribution in [0, 0.1) is 5.92 Å². The van der Waals surface area contributed by atoms with Crippen LogP contribution in [0.2, 0.25) is 5.02 Å². The first-order valence-electron chi connectivity index (χ1n) is 10.2. The van der Waals surface area contributed by atoms with Crippen molar-refractivity contribution in [3.8, 4) is 0 Å². The van der Waals surface area contributed by atoms with Crippen molar-refractivity contribution in [3.05, 3.63) is 71.1 Å². The highest BCUT2D eigenvalue weighted by atomic mass is 35.5. The summed E-state index contributed by atoms with van der Waals surface area (Å²) in [7, 11) is 0. The maximum absolute atomic E-state index is 6.12. The van der Waals surface area contributed by atoms with Crippen LogP contribution in [0.5, 0.6) is 0 Å². The summed E-state index contributed by atoms with van der Waals surface area (Å²) < 4.78 is 0. The van der Waals surface area contributed by atoms with Crippen molar-refractivity contribution in [3.63, 3.8) is 0 Å². The van der Waals surface area contributed by atoms with Crippen LogP contribution in [-0.4, -0.2) is 15.0 Å². The SMILES string of the molecule is C[C@@H](c1nc2ccc(Cl)cc2[nH]1)[C@H]1CC[C@@H](c2ccnc3ccccc32)CC1. The Balaban J connectivity index is 1.33. The minimum absolute atomic E-state index is 0.432. The van der Waals surface area contributed by atoms with Gasteiger partial charge < -0.3 is 4.98 Å². The van der Waals surface area contributed by atoms with Crippen LogP contribution in [0.1, 0.15) is 55.8 Å². The van der Waals surface area contributed by atoms with Crippen molar-refractivity contribution in [2.45, 2.75) is 44.4 Å². The zero-order valence-corrected chi connectivity index (χ0v) is 16.8. The lowest BCUT2D eigenvalue weighted by Gasteiger charge is -2.32. The minimum atomic E-state index is 0.432. The van der Waals surface area contributed by atoms with E-state index in [2.05, 4.69) is 47.2 Å². The highest BCUT2D eigenvalue weighted by Gasteiger charge is 2.29. The Morgan fingerprint density at radius 1 is 1.00 bits per heavy atom. The van der Waals surface area contributed by atoms with Gasteiger partial charge in [-0.05, 0) is 73.4 Å². The second kappa shape index (κ2) is 7.21. The second-order valence-electron chi connectivity index (χ2n) is 8.10. The Morgan fingerprint density at radius 3 is 2.68 bits per heavy atom. The van der Waals surface area contributed by atoms with E-state index in [1.54, 1.807) is 0 Å². The Labute approximate surface area is 170 Å². The van der Waals surface area contributed by atoms with E-state index in [1.807, 2.05) is 24.4 Å². The van der Waals surface area contributed by atoms with Gasteiger partial charge in [-0.2, -0.15) is 0 Å². The topological polar surface area (TPSA) is 41.6 Å². The van der Waals surface area contributed by atoms with Crippen molar-refractivity contribution >= 4 is 33.5 Å². The van der Waals surface area contributed by atoms with Crippen LogP contribution in [0.25, 0.3) is 21.9 Å². The highest BCUT2D eigenvalue weighted by molar-refractivity contribution is 6.31. The van der Waals surface area contributed by atoms with E-state index >= 15 is 0 Å². The number of para-hydroxylation sites is 1. The minimum Gasteiger partial charge on any atom is -0.342 e. The van der Waals surface area contributed by atoms with Gasteiger partial charge in [-0.1, -0.05) is 36.7 Å². The lowest BCUT2D eigenvalue weighted by molar-refractivity contribution is 0.286. The molecule has 1 aliphatic carbocycles. The molecule has 2 heterocycles. The third kappa shape index (κ3) is 3.18. The molecular formula is C24H24ClN3. The van der Waals surface area contributed by atoms with Crippen LogP contribution >= 0.6 is 11.6 Å². The monoisotopic (exact) mass is 389 g/mol. The summed E-state index contributed by atoms with van der Waals surface area (Å²) in [6, 6.07) is 16.6. The van der Waals surface area contributed by atoms with E-state index in [0.717, 1.165) is 27.4 Å². The molecule has 1 fully saturated rings. The molecule has 1 atom stereocenters. The molecule has 142 valence electrons. The normalized spacial score (nSPS) is 21.2. The van der Waals surface area contributed by atoms with Crippen molar-refractivity contribution in [2.24, 2.45) is 5.92 Å². The summed E-state index contributed by atoms with van der Waals surface area (Å²) in [6.45, 7) is 2.31. The zero-order chi connectivity index (χ0) is 19.1. The fourth-order valence-electron chi connectivity index (χ4n) is 4.84. The molecule has 28 heavy (non-hydrogen) atoms. The first-order chi connectivity index (χ1) is 13.7. The summed E-state index contributed by atoms with van der Waals surface area (Å²) in [4.78, 5) is 12.8. The molecule has 5 rings (SSSR count). The van der Waals surface area contributed by atoms with Crippen LogP contribution in [0.3, 0.4) is 0 Å². The maximum atomic E-state index is 6.12. The Morgan fingerprint density at radius 2 is 1.82 bits per heavy atom. The van der Waals surface area contributed by atoms with Gasteiger partial charge in [-0.3, -0.25) is 4.98 Å². The highest BCUT2D eigenvalue weighted by Crippen LogP contribution is 2.42. The van der Waals surface area contributed by atoms with Crippen LogP contribution in [0.4, 0.5) is 0 Å². The number of rotatable bonds is 3. The number of H-pyrrole nitrogens is 1. The lowest BCUT2D eigenvalue weighted by Crippen LogP contribution is -2.19. The van der Waals surface area contributed by atoms with E-state index in [9.17, 15) is 0 Å². The second-order valence-corrected chi connectivity index (χ2v) is 8.54. The average Bonchev–Trinajstić information content (AvgIpc) is 3.16. The van der Waals surface area contributed by atoms with Gasteiger partial charge in [0.25, 0.3) is 0 Å². The number of hydrogen-bond acceptors (Lipinski definition) is 2. The van der Waals surface area contributed by atoms with Gasteiger partial charge in [0.15, 0.2) is 0 Å². The smallest absolute Gasteiger partial charge is 0.110 e. The summed E-state index contributed by atoms with van der Waals surface area (Å²) in [6.07, 6.45) is 6.90. The first-order valence-corrected chi connectivity index (χ1v) is 10.6. The Kier molecular flexibility index (Phi) is 4.56. The molecule has 2 aromatic carbocycles. The lowest BCUT2D eigenvalue weighted by atomic mass is 9.73. The summed E-state index contributed by atoms with van der Waals surface area (Å²) in [5, 5.41) is 2.07. The largest absolute Gasteiger partial charge is 0.342 e. The number of fused-ring (bicyclic) bond motifs is 2. The molecule has 0 unspecified atom stereocenters. The molecule has 1 aliphatic rings. The van der Waals surface area contributed by atoms with Gasteiger partial charge in [-0.15, -0.1) is 0 Å². The Bertz CT molecular complexity index is 1120. The van der Waals surface area contributed by atoms with E-state index in [-0.39, 0.29) is 0 Å². The zero-order valence-electron chi connectivity index (χ0n) is 16.0. The Hall–Kier alpha value is -2.39. The predicted molar refractivity (Wildman–Crippen MR) is 116 cm³/mol. The molecule has 3 nitrogen and oxygen atoms in total. The van der Waals surface area contributed by atoms with Crippen LogP contribution < -0.4 is 0 Å². The summed E-state index contributed by atoms with van der Waals surface area (Å²) in [5.41, 5.74) is 4.61. The molecule has 0 saturated heterocycles. The molecule has 0 bridgehead atoms. The number of benzene rings is 2. The standard InChI is InChI=1S/C24H24ClN3/c1-15(24-27-22-11-10-18(25)14-23(22)28-24)16-6-8-17(9-7-16)19-12-13-26-21-5-3-2-4-20(19)21/h2-5,10-17H,6-9H2,1H3,(H,27,28)/t15-,16-,17+/m1/s1. The number of aromatic amines is 1. The molecule has 2 aromatic heterocycles. The molecule has 4 aromatic rings. The summed E-state index contributed by atoms with van der Waals surface area (Å²) >= 11 is 6.12. The van der Waals surface area contributed by atoms with Gasteiger partial charge in [0.2, 0.25) is 0 Å². The van der Waals surface area contributed by atoms with E-state index in [4.69, 9.17) is 16.6 Å². The van der Waals surface area contributed by atoms with Crippen molar-refractivity contribution in [2.75, 3.05) is 0 Å². The first kappa shape index (κ1) is 17.7. The molecule has 1 saturated carbocycles. The number of nitrogens with one attached hydrogen (secondary N) is 1. The molecule has 0 amide bonds. The van der Waals surface area contributed by atoms with E-state index in [0.29, 0.717) is 17.8 Å². The van der Waals surface area contributed by atoms with Gasteiger partial charge in [0.1, 0.15) is 5.82 Å². The summed E-state index contributed by atoms with van der Waals surface area (Å²) in [5.74, 6) is 2.82. The van der Waals surface area contributed by atoms with Crippen molar-refractivity contribution in [1.82, 2.24) is 15.0 Å².